The number of aliphatic imine (C=N–C) groups is 1. The molecule has 3 atom stereocenters. The number of carbonyl (C=O) groups is 1. The van der Waals surface area contributed by atoms with E-state index in [9.17, 15) is 4.79 Å². The molecule has 34 heavy (non-hydrogen) atoms. The highest BCUT2D eigenvalue weighted by atomic mass is 32.2. The molecule has 1 fully saturated rings. The number of carbonyl (C=O) groups excluding carboxylic acids is 1. The van der Waals surface area contributed by atoms with Crippen LogP contribution in [-0.2, 0) is 10.3 Å². The number of aromatic nitrogens is 1. The lowest BCUT2D eigenvalue weighted by Crippen LogP contribution is -2.43. The van der Waals surface area contributed by atoms with Crippen molar-refractivity contribution >= 4 is 34.7 Å². The van der Waals surface area contributed by atoms with Crippen LogP contribution in [0.15, 0.2) is 35.5 Å². The molecule has 1 aliphatic carbocycles. The molecule has 0 spiro atoms. The van der Waals surface area contributed by atoms with Gasteiger partial charge >= 0.3 is 0 Å². The maximum Gasteiger partial charge on any atom is 0.239 e. The van der Waals surface area contributed by atoms with Crippen LogP contribution in [0.3, 0.4) is 0 Å². The molecule has 0 unspecified atom stereocenters. The first-order valence-electron chi connectivity index (χ1n) is 10.8. The van der Waals surface area contributed by atoms with Gasteiger partial charge in [0.25, 0.3) is 0 Å². The number of hydrogen-bond acceptors (Lipinski definition) is 7. The van der Waals surface area contributed by atoms with Gasteiger partial charge in [-0.3, -0.25) is 9.79 Å². The Morgan fingerprint density at radius 2 is 2.00 bits per heavy atom. The van der Waals surface area contributed by atoms with Gasteiger partial charge in [-0.1, -0.05) is 17.8 Å². The fraction of sp³-hybridized carbons (Fsp3) is 0.375. The van der Waals surface area contributed by atoms with Crippen molar-refractivity contribution < 1.29 is 23.0 Å². The van der Waals surface area contributed by atoms with Crippen LogP contribution in [0.5, 0.6) is 11.5 Å². The third-order valence-electron chi connectivity index (χ3n) is 6.49. The molecule has 10 heteroatoms. The normalized spacial score (nSPS) is 27.5. The molecule has 2 aromatic rings. The summed E-state index contributed by atoms with van der Waals surface area (Å²) in [6.45, 7) is 2.57. The molecule has 1 aromatic carbocycles. The maximum atomic E-state index is 15.1. The van der Waals surface area contributed by atoms with Gasteiger partial charge in [0.2, 0.25) is 5.91 Å². The minimum Gasteiger partial charge on any atom is -0.486 e. The van der Waals surface area contributed by atoms with E-state index in [4.69, 9.17) is 15.2 Å². The average Bonchev–Trinajstić information content (AvgIpc) is 3.55. The van der Waals surface area contributed by atoms with E-state index in [0.29, 0.717) is 36.7 Å². The molecule has 0 bridgehead atoms. The van der Waals surface area contributed by atoms with E-state index >= 15 is 8.78 Å². The summed E-state index contributed by atoms with van der Waals surface area (Å²) in [5.74, 6) is -0.508. The van der Waals surface area contributed by atoms with Crippen molar-refractivity contribution in [2.24, 2.45) is 16.6 Å². The summed E-state index contributed by atoms with van der Waals surface area (Å²) < 4.78 is 40.3. The molecule has 5 rings (SSSR count). The Labute approximate surface area is 200 Å². The van der Waals surface area contributed by atoms with Crippen molar-refractivity contribution in [1.29, 1.82) is 0 Å². The number of fused-ring (bicyclic) bond motifs is 2. The van der Waals surface area contributed by atoms with Crippen molar-refractivity contribution in [1.82, 2.24) is 9.88 Å². The highest BCUT2D eigenvalue weighted by molar-refractivity contribution is 8.15. The SMILES string of the molecule is CN(C)C(=O)[C@]12C[C@H]1[C@@](C)(c1cc(/C=C(\F)c3cc4c(cn3)OCCO4)ccc1F)N=C(N)S2. The molecule has 3 heterocycles. The van der Waals surface area contributed by atoms with E-state index in [-0.39, 0.29) is 28.3 Å². The number of nitrogens with two attached hydrogens (primary N) is 1. The summed E-state index contributed by atoms with van der Waals surface area (Å²) in [5.41, 5.74) is 5.83. The summed E-state index contributed by atoms with van der Waals surface area (Å²) in [6, 6.07) is 5.79. The minimum absolute atomic E-state index is 0.0706. The van der Waals surface area contributed by atoms with Gasteiger partial charge in [0.05, 0.1) is 11.7 Å². The number of thioether (sulfide) groups is 1. The maximum absolute atomic E-state index is 15.1. The number of amides is 1. The Morgan fingerprint density at radius 1 is 1.26 bits per heavy atom. The Balaban J connectivity index is 1.50. The van der Waals surface area contributed by atoms with E-state index in [0.717, 1.165) is 0 Å². The number of halogens is 2. The lowest BCUT2D eigenvalue weighted by molar-refractivity contribution is -0.129. The summed E-state index contributed by atoms with van der Waals surface area (Å²) in [7, 11) is 3.37. The third-order valence-corrected chi connectivity index (χ3v) is 7.78. The Bertz CT molecular complexity index is 1250. The standard InChI is InChI=1S/C24H24F2N4O3S/c1-23(20-11-24(20,21(31)30(2)3)34-22(27)29-23)14-8-13(4-5-15(14)25)9-16(26)17-10-18-19(12-28-17)33-7-6-32-18/h4-5,8-10,12,20H,6-7,11H2,1-3H3,(H2,27,29)/b16-9-/t20-,23+,24-/m0/s1. The zero-order valence-electron chi connectivity index (χ0n) is 19.0. The van der Waals surface area contributed by atoms with E-state index in [1.54, 1.807) is 27.1 Å². The van der Waals surface area contributed by atoms with Gasteiger partial charge in [0.1, 0.15) is 35.3 Å². The predicted molar refractivity (Wildman–Crippen MR) is 127 cm³/mol. The number of benzene rings is 1. The fourth-order valence-corrected chi connectivity index (χ4v) is 6.25. The van der Waals surface area contributed by atoms with E-state index < -0.39 is 21.9 Å². The van der Waals surface area contributed by atoms with Crippen LogP contribution in [0.2, 0.25) is 0 Å². The van der Waals surface area contributed by atoms with Crippen molar-refractivity contribution in [3.63, 3.8) is 0 Å². The summed E-state index contributed by atoms with van der Waals surface area (Å²) >= 11 is 1.24. The van der Waals surface area contributed by atoms with E-state index in [1.165, 1.54) is 47.1 Å². The van der Waals surface area contributed by atoms with Gasteiger partial charge in [-0.25, -0.2) is 13.8 Å². The number of rotatable bonds is 4. The second-order valence-corrected chi connectivity index (χ2v) is 10.3. The monoisotopic (exact) mass is 486 g/mol. The summed E-state index contributed by atoms with van der Waals surface area (Å²) in [4.78, 5) is 23.1. The zero-order valence-corrected chi connectivity index (χ0v) is 19.8. The Hall–Kier alpha value is -3.14. The number of amidine groups is 1. The molecule has 0 saturated heterocycles. The van der Waals surface area contributed by atoms with E-state index in [2.05, 4.69) is 9.98 Å². The summed E-state index contributed by atoms with van der Waals surface area (Å²) in [6.07, 6.45) is 3.23. The first-order valence-corrected chi connectivity index (χ1v) is 11.6. The predicted octanol–water partition coefficient (Wildman–Crippen LogP) is 3.58. The lowest BCUT2D eigenvalue weighted by Gasteiger charge is -2.34. The number of hydrogen-bond donors (Lipinski definition) is 1. The van der Waals surface area contributed by atoms with Gasteiger partial charge in [0, 0.05) is 31.6 Å². The quantitative estimate of drug-likeness (QED) is 0.711. The fourth-order valence-electron chi connectivity index (χ4n) is 4.75. The van der Waals surface area contributed by atoms with Gasteiger partial charge < -0.3 is 20.1 Å². The highest BCUT2D eigenvalue weighted by Gasteiger charge is 2.71. The van der Waals surface area contributed by atoms with Gasteiger partial charge in [-0.15, -0.1) is 0 Å². The van der Waals surface area contributed by atoms with Crippen molar-refractivity contribution in [3.8, 4) is 11.5 Å². The van der Waals surface area contributed by atoms with Crippen molar-refractivity contribution in [3.05, 3.63) is 53.1 Å². The zero-order chi connectivity index (χ0) is 24.3. The Morgan fingerprint density at radius 3 is 2.74 bits per heavy atom. The summed E-state index contributed by atoms with van der Waals surface area (Å²) in [5, 5.41) is 0.235. The molecule has 178 valence electrons. The van der Waals surface area contributed by atoms with Gasteiger partial charge in [-0.05, 0) is 37.1 Å². The Kier molecular flexibility index (Phi) is 5.31. The van der Waals surface area contributed by atoms with Crippen LogP contribution in [0.4, 0.5) is 8.78 Å². The van der Waals surface area contributed by atoms with Gasteiger partial charge in [-0.2, -0.15) is 0 Å². The highest BCUT2D eigenvalue weighted by Crippen LogP contribution is 2.66. The average molecular weight is 487 g/mol. The van der Waals surface area contributed by atoms with Crippen LogP contribution in [-0.4, -0.2) is 53.0 Å². The molecule has 1 saturated carbocycles. The lowest BCUT2D eigenvalue weighted by atomic mass is 9.84. The van der Waals surface area contributed by atoms with Crippen LogP contribution < -0.4 is 15.2 Å². The second-order valence-electron chi connectivity index (χ2n) is 8.99. The molecule has 0 radical (unpaired) electrons. The first-order chi connectivity index (χ1) is 16.1. The molecule has 2 aliphatic heterocycles. The van der Waals surface area contributed by atoms with Crippen LogP contribution in [0.1, 0.15) is 30.2 Å². The van der Waals surface area contributed by atoms with Crippen molar-refractivity contribution in [2.75, 3.05) is 27.3 Å². The molecule has 1 aromatic heterocycles. The smallest absolute Gasteiger partial charge is 0.239 e. The van der Waals surface area contributed by atoms with Gasteiger partial charge in [0.15, 0.2) is 16.7 Å². The molecular formula is C24H24F2N4O3S. The minimum atomic E-state index is -1.05. The molecular weight excluding hydrogens is 462 g/mol. The van der Waals surface area contributed by atoms with Crippen LogP contribution >= 0.6 is 11.8 Å². The molecule has 3 aliphatic rings. The third kappa shape index (κ3) is 3.60. The van der Waals surface area contributed by atoms with Crippen LogP contribution in [0, 0.1) is 11.7 Å². The first kappa shape index (κ1) is 22.6. The van der Waals surface area contributed by atoms with Crippen LogP contribution in [0.25, 0.3) is 11.9 Å². The number of ether oxygens (including phenoxy) is 2. The molecule has 1 amide bonds. The second kappa shape index (κ2) is 7.97. The number of pyridine rings is 1. The largest absolute Gasteiger partial charge is 0.486 e. The molecule has 7 nitrogen and oxygen atoms in total. The van der Waals surface area contributed by atoms with Crippen molar-refractivity contribution in [2.45, 2.75) is 23.6 Å². The topological polar surface area (TPSA) is 90.0 Å². The number of nitrogens with zero attached hydrogens (tertiary/aromatic N) is 3. The molecule has 2 N–H and O–H groups in total. The van der Waals surface area contributed by atoms with E-state index in [1.807, 2.05) is 0 Å².